The number of likely N-dealkylation sites (tertiary alicyclic amines) is 1. The molecule has 0 aliphatic carbocycles. The van der Waals surface area contributed by atoms with Gasteiger partial charge in [0, 0.05) is 19.6 Å². The smallest absolute Gasteiger partial charge is 0.410 e. The average Bonchev–Trinajstić information content (AvgIpc) is 3.27. The zero-order valence-electron chi connectivity index (χ0n) is 24.9. The molecule has 41 heavy (non-hydrogen) atoms. The molecular weight excluding hydrogens is 544 g/mol. The standard InChI is InChI=1S/C30H40N4O6S/c1-19-8-10-23(11-9-19)41(37,38)34-21(3)32-27-25(34)13-12-24(26(27)31-18-20(2)28(35)39-7)22-14-16-33(17-15-22)29(36)40-30(4,5)6/h8-13,20,22,31H,14-18H2,1-7H3. The van der Waals surface area contributed by atoms with Crippen LogP contribution in [0.15, 0.2) is 41.3 Å². The van der Waals surface area contributed by atoms with E-state index in [1.807, 2.05) is 33.8 Å². The monoisotopic (exact) mass is 584 g/mol. The molecule has 1 N–H and O–H groups in total. The number of carbonyl (C=O) groups is 2. The van der Waals surface area contributed by atoms with Crippen molar-refractivity contribution in [1.29, 1.82) is 0 Å². The molecular formula is C30H40N4O6S. The van der Waals surface area contributed by atoms with Crippen LogP contribution in [0.2, 0.25) is 0 Å². The summed E-state index contributed by atoms with van der Waals surface area (Å²) in [6.07, 6.45) is 1.08. The van der Waals surface area contributed by atoms with Gasteiger partial charge in [-0.3, -0.25) is 4.79 Å². The number of rotatable bonds is 7. The first-order valence-electron chi connectivity index (χ1n) is 13.9. The number of amides is 1. The lowest BCUT2D eigenvalue weighted by molar-refractivity contribution is -0.144. The highest BCUT2D eigenvalue weighted by molar-refractivity contribution is 7.90. The van der Waals surface area contributed by atoms with Crippen LogP contribution in [0.25, 0.3) is 11.0 Å². The number of imidazole rings is 1. The number of fused-ring (bicyclic) bond motifs is 1. The maximum absolute atomic E-state index is 13.7. The number of piperidine rings is 1. The number of ether oxygens (including phenoxy) is 2. The molecule has 1 aliphatic rings. The van der Waals surface area contributed by atoms with Gasteiger partial charge in [-0.2, -0.15) is 0 Å². The molecule has 1 unspecified atom stereocenters. The maximum Gasteiger partial charge on any atom is 0.410 e. The summed E-state index contributed by atoms with van der Waals surface area (Å²) in [5.74, 6) is -0.355. The summed E-state index contributed by atoms with van der Waals surface area (Å²) in [5.41, 5.74) is 3.02. The Hall–Kier alpha value is -3.60. The largest absolute Gasteiger partial charge is 0.469 e. The number of benzene rings is 2. The zero-order chi connectivity index (χ0) is 30.1. The van der Waals surface area contributed by atoms with Crippen molar-refractivity contribution in [2.24, 2.45) is 5.92 Å². The zero-order valence-corrected chi connectivity index (χ0v) is 25.7. The van der Waals surface area contributed by atoms with Gasteiger partial charge in [0.1, 0.15) is 16.9 Å². The molecule has 1 amide bonds. The molecule has 222 valence electrons. The summed E-state index contributed by atoms with van der Waals surface area (Å²) in [6.45, 7) is 12.2. The van der Waals surface area contributed by atoms with E-state index in [4.69, 9.17) is 14.5 Å². The van der Waals surface area contributed by atoms with Crippen molar-refractivity contribution in [1.82, 2.24) is 13.9 Å². The molecule has 4 rings (SSSR count). The molecule has 1 aliphatic heterocycles. The number of hydrogen-bond acceptors (Lipinski definition) is 8. The second-order valence-corrected chi connectivity index (χ2v) is 13.5. The van der Waals surface area contributed by atoms with E-state index >= 15 is 0 Å². The van der Waals surface area contributed by atoms with Gasteiger partial charge < -0.3 is 19.7 Å². The minimum absolute atomic E-state index is 0.0909. The fraction of sp³-hybridized carbons (Fsp3) is 0.500. The highest BCUT2D eigenvalue weighted by Crippen LogP contribution is 2.38. The van der Waals surface area contributed by atoms with Gasteiger partial charge in [0.2, 0.25) is 0 Å². The Morgan fingerprint density at radius 1 is 1.07 bits per heavy atom. The van der Waals surface area contributed by atoms with E-state index in [1.165, 1.54) is 11.1 Å². The maximum atomic E-state index is 13.7. The van der Waals surface area contributed by atoms with Crippen molar-refractivity contribution in [3.8, 4) is 0 Å². The van der Waals surface area contributed by atoms with Crippen LogP contribution < -0.4 is 5.32 Å². The lowest BCUT2D eigenvalue weighted by Gasteiger charge is -2.34. The van der Waals surface area contributed by atoms with E-state index in [0.29, 0.717) is 48.5 Å². The molecule has 2 aromatic carbocycles. The van der Waals surface area contributed by atoms with Gasteiger partial charge in [0.25, 0.3) is 10.0 Å². The van der Waals surface area contributed by atoms with Crippen LogP contribution in [-0.4, -0.2) is 66.7 Å². The number of methoxy groups -OCH3 is 1. The van der Waals surface area contributed by atoms with Crippen LogP contribution in [0, 0.1) is 19.8 Å². The molecule has 11 heteroatoms. The minimum atomic E-state index is -3.91. The highest BCUT2D eigenvalue weighted by Gasteiger charge is 2.31. The van der Waals surface area contributed by atoms with Crippen LogP contribution in [0.3, 0.4) is 0 Å². The number of aromatic nitrogens is 2. The van der Waals surface area contributed by atoms with E-state index in [9.17, 15) is 18.0 Å². The van der Waals surface area contributed by atoms with Gasteiger partial charge in [-0.05, 0) is 77.1 Å². The van der Waals surface area contributed by atoms with Gasteiger partial charge in [-0.1, -0.05) is 30.7 Å². The fourth-order valence-corrected chi connectivity index (χ4v) is 6.62. The van der Waals surface area contributed by atoms with Gasteiger partial charge in [0.05, 0.1) is 29.1 Å². The normalized spacial score (nSPS) is 15.5. The molecule has 2 heterocycles. The second kappa shape index (κ2) is 11.7. The SMILES string of the molecule is COC(=O)C(C)CNc1c(C2CCN(C(=O)OC(C)(C)C)CC2)ccc2c1nc(C)n2S(=O)(=O)c1ccc(C)cc1. The molecule has 0 radical (unpaired) electrons. The minimum Gasteiger partial charge on any atom is -0.469 e. The number of carbonyl (C=O) groups excluding carboxylic acids is 2. The fourth-order valence-electron chi connectivity index (χ4n) is 5.14. The Bertz CT molecular complexity index is 1530. The molecule has 0 bridgehead atoms. The highest BCUT2D eigenvalue weighted by atomic mass is 32.2. The summed E-state index contributed by atoms with van der Waals surface area (Å²) in [6, 6.07) is 10.5. The van der Waals surface area contributed by atoms with E-state index in [1.54, 1.807) is 49.1 Å². The lowest BCUT2D eigenvalue weighted by atomic mass is 9.88. The summed E-state index contributed by atoms with van der Waals surface area (Å²) in [4.78, 5) is 31.4. The van der Waals surface area contributed by atoms with Crippen molar-refractivity contribution in [3.63, 3.8) is 0 Å². The van der Waals surface area contributed by atoms with E-state index in [-0.39, 0.29) is 29.4 Å². The predicted octanol–water partition coefficient (Wildman–Crippen LogP) is 5.23. The van der Waals surface area contributed by atoms with Crippen molar-refractivity contribution in [2.75, 3.05) is 32.1 Å². The molecule has 10 nitrogen and oxygen atoms in total. The van der Waals surface area contributed by atoms with Gasteiger partial charge in [-0.15, -0.1) is 0 Å². The third-order valence-electron chi connectivity index (χ3n) is 7.31. The third kappa shape index (κ3) is 6.50. The Kier molecular flexibility index (Phi) is 8.67. The first kappa shape index (κ1) is 30.4. The van der Waals surface area contributed by atoms with Crippen LogP contribution in [0.5, 0.6) is 0 Å². The van der Waals surface area contributed by atoms with Crippen LogP contribution in [0.4, 0.5) is 10.5 Å². The number of nitrogens with zero attached hydrogens (tertiary/aromatic N) is 3. The molecule has 0 saturated carbocycles. The first-order valence-corrected chi connectivity index (χ1v) is 15.3. The number of esters is 1. The second-order valence-electron chi connectivity index (χ2n) is 11.7. The van der Waals surface area contributed by atoms with Crippen molar-refractivity contribution in [2.45, 2.75) is 70.8 Å². The molecule has 1 fully saturated rings. The molecule has 1 aromatic heterocycles. The number of hydrogen-bond donors (Lipinski definition) is 1. The van der Waals surface area contributed by atoms with Gasteiger partial charge in [0.15, 0.2) is 0 Å². The Morgan fingerprint density at radius 3 is 2.29 bits per heavy atom. The summed E-state index contributed by atoms with van der Waals surface area (Å²) >= 11 is 0. The predicted molar refractivity (Wildman–Crippen MR) is 158 cm³/mol. The molecule has 3 aromatic rings. The van der Waals surface area contributed by atoms with Gasteiger partial charge in [-0.25, -0.2) is 22.2 Å². The van der Waals surface area contributed by atoms with E-state index in [0.717, 1.165) is 11.1 Å². The quantitative estimate of drug-likeness (QED) is 0.375. The molecule has 1 atom stereocenters. The topological polar surface area (TPSA) is 120 Å². The van der Waals surface area contributed by atoms with Crippen LogP contribution in [-0.2, 0) is 24.3 Å². The Morgan fingerprint density at radius 2 is 1.71 bits per heavy atom. The summed E-state index contributed by atoms with van der Waals surface area (Å²) in [7, 11) is -2.56. The van der Waals surface area contributed by atoms with Crippen molar-refractivity contribution < 1.29 is 27.5 Å². The summed E-state index contributed by atoms with van der Waals surface area (Å²) < 4.78 is 39.2. The summed E-state index contributed by atoms with van der Waals surface area (Å²) in [5, 5.41) is 3.40. The molecule has 0 spiro atoms. The number of nitrogens with one attached hydrogen (secondary N) is 1. The van der Waals surface area contributed by atoms with E-state index in [2.05, 4.69) is 5.32 Å². The van der Waals surface area contributed by atoms with E-state index < -0.39 is 21.5 Å². The number of anilines is 1. The number of aryl methyl sites for hydroxylation is 2. The van der Waals surface area contributed by atoms with Crippen LogP contribution >= 0.6 is 0 Å². The Labute approximate surface area is 242 Å². The van der Waals surface area contributed by atoms with Crippen LogP contribution in [0.1, 0.15) is 63.4 Å². The van der Waals surface area contributed by atoms with Gasteiger partial charge >= 0.3 is 12.1 Å². The third-order valence-corrected chi connectivity index (χ3v) is 9.12. The van der Waals surface area contributed by atoms with Crippen molar-refractivity contribution in [3.05, 3.63) is 53.3 Å². The Balaban J connectivity index is 1.73. The average molecular weight is 585 g/mol. The first-order chi connectivity index (χ1) is 19.2. The lowest BCUT2D eigenvalue weighted by Crippen LogP contribution is -2.41. The molecule has 1 saturated heterocycles. The van der Waals surface area contributed by atoms with Crippen molar-refractivity contribution >= 4 is 38.8 Å².